The SMILES string of the molecule is CCOC(=O)Oc1ccc(C(=O)N2CCCN(C(=O)c3ccc(C)cc3)CC2)cc1. The van der Waals surface area contributed by atoms with Crippen molar-refractivity contribution in [3.63, 3.8) is 0 Å². The zero-order chi connectivity index (χ0) is 21.5. The standard InChI is InChI=1S/C23H26N2O5/c1-3-29-23(28)30-20-11-9-19(10-12-20)22(27)25-14-4-13-24(15-16-25)21(26)18-7-5-17(2)6-8-18/h5-12H,3-4,13-16H2,1-2H3. The lowest BCUT2D eigenvalue weighted by Gasteiger charge is -2.22. The molecular weight excluding hydrogens is 384 g/mol. The first-order chi connectivity index (χ1) is 14.5. The van der Waals surface area contributed by atoms with Crippen molar-refractivity contribution in [3.8, 4) is 5.75 Å². The number of hydrogen-bond donors (Lipinski definition) is 0. The number of aryl methyl sites for hydroxylation is 1. The highest BCUT2D eigenvalue weighted by Crippen LogP contribution is 2.16. The molecule has 30 heavy (non-hydrogen) atoms. The molecule has 7 nitrogen and oxygen atoms in total. The Labute approximate surface area is 176 Å². The second kappa shape index (κ2) is 9.91. The summed E-state index contributed by atoms with van der Waals surface area (Å²) in [5.41, 5.74) is 2.28. The summed E-state index contributed by atoms with van der Waals surface area (Å²) in [6.45, 7) is 6.06. The number of carbonyl (C=O) groups excluding carboxylic acids is 3. The molecule has 0 aliphatic carbocycles. The van der Waals surface area contributed by atoms with E-state index >= 15 is 0 Å². The molecule has 158 valence electrons. The zero-order valence-corrected chi connectivity index (χ0v) is 17.3. The summed E-state index contributed by atoms with van der Waals surface area (Å²) in [5.74, 6) is 0.197. The Kier molecular flexibility index (Phi) is 7.06. The minimum atomic E-state index is -0.776. The number of nitrogens with zero attached hydrogens (tertiary/aromatic N) is 2. The van der Waals surface area contributed by atoms with Crippen molar-refractivity contribution >= 4 is 18.0 Å². The third-order valence-corrected chi connectivity index (χ3v) is 4.93. The number of hydrogen-bond acceptors (Lipinski definition) is 5. The van der Waals surface area contributed by atoms with Crippen molar-refractivity contribution < 1.29 is 23.9 Å². The summed E-state index contributed by atoms with van der Waals surface area (Å²) >= 11 is 0. The fraction of sp³-hybridized carbons (Fsp3) is 0.348. The number of ether oxygens (including phenoxy) is 2. The van der Waals surface area contributed by atoms with Gasteiger partial charge in [0.2, 0.25) is 0 Å². The molecule has 0 aromatic heterocycles. The minimum absolute atomic E-state index is 0.00948. The van der Waals surface area contributed by atoms with Gasteiger partial charge in [-0.05, 0) is 56.7 Å². The van der Waals surface area contributed by atoms with Crippen LogP contribution in [-0.4, -0.2) is 60.6 Å². The Hall–Kier alpha value is -3.35. The van der Waals surface area contributed by atoms with Gasteiger partial charge in [0, 0.05) is 37.3 Å². The molecule has 1 saturated heterocycles. The van der Waals surface area contributed by atoms with Crippen LogP contribution in [0.5, 0.6) is 5.75 Å². The summed E-state index contributed by atoms with van der Waals surface area (Å²) in [6, 6.07) is 13.9. The third kappa shape index (κ3) is 5.37. The molecule has 1 fully saturated rings. The van der Waals surface area contributed by atoms with E-state index in [0.717, 1.165) is 5.56 Å². The third-order valence-electron chi connectivity index (χ3n) is 4.93. The van der Waals surface area contributed by atoms with Gasteiger partial charge in [0.15, 0.2) is 0 Å². The van der Waals surface area contributed by atoms with Gasteiger partial charge < -0.3 is 19.3 Å². The molecule has 0 saturated carbocycles. The molecule has 2 aromatic carbocycles. The predicted octanol–water partition coefficient (Wildman–Crippen LogP) is 3.52. The van der Waals surface area contributed by atoms with Gasteiger partial charge >= 0.3 is 6.16 Å². The maximum atomic E-state index is 12.9. The van der Waals surface area contributed by atoms with E-state index in [0.29, 0.717) is 49.5 Å². The molecule has 0 unspecified atom stereocenters. The van der Waals surface area contributed by atoms with E-state index < -0.39 is 6.16 Å². The summed E-state index contributed by atoms with van der Waals surface area (Å²) in [4.78, 5) is 40.5. The number of benzene rings is 2. The number of amides is 2. The van der Waals surface area contributed by atoms with E-state index in [-0.39, 0.29) is 18.4 Å². The lowest BCUT2D eigenvalue weighted by atomic mass is 10.1. The lowest BCUT2D eigenvalue weighted by molar-refractivity contribution is 0.0718. The number of rotatable bonds is 4. The van der Waals surface area contributed by atoms with Crippen LogP contribution in [-0.2, 0) is 4.74 Å². The molecule has 3 rings (SSSR count). The zero-order valence-electron chi connectivity index (χ0n) is 17.3. The van der Waals surface area contributed by atoms with Gasteiger partial charge in [0.25, 0.3) is 11.8 Å². The first-order valence-corrected chi connectivity index (χ1v) is 10.1. The van der Waals surface area contributed by atoms with Crippen molar-refractivity contribution in [2.24, 2.45) is 0 Å². The lowest BCUT2D eigenvalue weighted by Crippen LogP contribution is -2.37. The van der Waals surface area contributed by atoms with Gasteiger partial charge in [0.1, 0.15) is 5.75 Å². The number of carbonyl (C=O) groups is 3. The van der Waals surface area contributed by atoms with Crippen LogP contribution in [0.3, 0.4) is 0 Å². The molecular formula is C23H26N2O5. The van der Waals surface area contributed by atoms with Crippen molar-refractivity contribution in [1.82, 2.24) is 9.80 Å². The minimum Gasteiger partial charge on any atom is -0.434 e. The summed E-state index contributed by atoms with van der Waals surface area (Å²) < 4.78 is 9.75. The molecule has 0 N–H and O–H groups in total. The van der Waals surface area contributed by atoms with E-state index in [1.54, 1.807) is 41.0 Å². The normalized spacial score (nSPS) is 14.1. The Morgan fingerprint density at radius 1 is 0.800 bits per heavy atom. The van der Waals surface area contributed by atoms with Gasteiger partial charge in [-0.3, -0.25) is 9.59 Å². The summed E-state index contributed by atoms with van der Waals surface area (Å²) in [5, 5.41) is 0. The molecule has 0 radical (unpaired) electrons. The van der Waals surface area contributed by atoms with Crippen LogP contribution in [0.2, 0.25) is 0 Å². The van der Waals surface area contributed by atoms with E-state index in [2.05, 4.69) is 0 Å². The Balaban J connectivity index is 1.59. The molecule has 0 spiro atoms. The van der Waals surface area contributed by atoms with Gasteiger partial charge in [-0.2, -0.15) is 0 Å². The van der Waals surface area contributed by atoms with Crippen molar-refractivity contribution in [3.05, 3.63) is 65.2 Å². The summed E-state index contributed by atoms with van der Waals surface area (Å²) in [6.07, 6.45) is -0.0599. The first kappa shape index (κ1) is 21.4. The quantitative estimate of drug-likeness (QED) is 0.569. The van der Waals surface area contributed by atoms with Crippen LogP contribution in [0.4, 0.5) is 4.79 Å². The molecule has 1 aliphatic rings. The fourth-order valence-corrected chi connectivity index (χ4v) is 3.29. The van der Waals surface area contributed by atoms with Crippen LogP contribution in [0.15, 0.2) is 48.5 Å². The molecule has 0 atom stereocenters. The molecule has 7 heteroatoms. The first-order valence-electron chi connectivity index (χ1n) is 10.1. The van der Waals surface area contributed by atoms with Crippen molar-refractivity contribution in [1.29, 1.82) is 0 Å². The average Bonchev–Trinajstić information content (AvgIpc) is 3.00. The molecule has 1 heterocycles. The second-order valence-electron chi connectivity index (χ2n) is 7.11. The Morgan fingerprint density at radius 2 is 1.30 bits per heavy atom. The Bertz CT molecular complexity index is 893. The average molecular weight is 410 g/mol. The largest absolute Gasteiger partial charge is 0.513 e. The summed E-state index contributed by atoms with van der Waals surface area (Å²) in [7, 11) is 0. The van der Waals surface area contributed by atoms with E-state index in [9.17, 15) is 14.4 Å². The second-order valence-corrected chi connectivity index (χ2v) is 7.11. The maximum absolute atomic E-state index is 12.9. The van der Waals surface area contributed by atoms with Gasteiger partial charge in [-0.1, -0.05) is 17.7 Å². The van der Waals surface area contributed by atoms with Crippen molar-refractivity contribution in [2.75, 3.05) is 32.8 Å². The molecule has 2 aromatic rings. The van der Waals surface area contributed by atoms with Gasteiger partial charge in [0.05, 0.1) is 6.61 Å². The van der Waals surface area contributed by atoms with Crippen LogP contribution in [0.25, 0.3) is 0 Å². The van der Waals surface area contributed by atoms with Crippen LogP contribution < -0.4 is 4.74 Å². The van der Waals surface area contributed by atoms with Crippen LogP contribution >= 0.6 is 0 Å². The van der Waals surface area contributed by atoms with Crippen molar-refractivity contribution in [2.45, 2.75) is 20.3 Å². The van der Waals surface area contributed by atoms with Gasteiger partial charge in [-0.15, -0.1) is 0 Å². The van der Waals surface area contributed by atoms with E-state index in [4.69, 9.17) is 9.47 Å². The van der Waals surface area contributed by atoms with Gasteiger partial charge in [-0.25, -0.2) is 4.79 Å². The maximum Gasteiger partial charge on any atom is 0.513 e. The van der Waals surface area contributed by atoms with Crippen LogP contribution in [0.1, 0.15) is 39.6 Å². The topological polar surface area (TPSA) is 76.2 Å². The Morgan fingerprint density at radius 3 is 1.80 bits per heavy atom. The predicted molar refractivity (Wildman–Crippen MR) is 112 cm³/mol. The highest BCUT2D eigenvalue weighted by molar-refractivity contribution is 5.95. The smallest absolute Gasteiger partial charge is 0.434 e. The fourth-order valence-electron chi connectivity index (χ4n) is 3.29. The molecule has 0 bridgehead atoms. The van der Waals surface area contributed by atoms with Crippen LogP contribution in [0, 0.1) is 6.92 Å². The monoisotopic (exact) mass is 410 g/mol. The van der Waals surface area contributed by atoms with E-state index in [1.807, 2.05) is 31.2 Å². The highest BCUT2D eigenvalue weighted by atomic mass is 16.7. The molecule has 1 aliphatic heterocycles. The van der Waals surface area contributed by atoms with E-state index in [1.165, 1.54) is 0 Å². The highest BCUT2D eigenvalue weighted by Gasteiger charge is 2.23. The molecule has 2 amide bonds.